The van der Waals surface area contributed by atoms with Gasteiger partial charge in [-0.2, -0.15) is 0 Å². The highest BCUT2D eigenvalue weighted by Crippen LogP contribution is 2.18. The number of hydrogen-bond acceptors (Lipinski definition) is 3. The lowest BCUT2D eigenvalue weighted by molar-refractivity contribution is 0.0951. The van der Waals surface area contributed by atoms with Crippen LogP contribution in [0.25, 0.3) is 0 Å². The summed E-state index contributed by atoms with van der Waals surface area (Å²) in [4.78, 5) is 17.6. The first-order valence-corrected chi connectivity index (χ1v) is 11.6. The number of nitrogens with zero attached hydrogens (tertiary/aromatic N) is 2. The number of nitrogens with one attached hydrogen (secondary N) is 1. The third kappa shape index (κ3) is 5.93. The molecule has 0 saturated carbocycles. The quantitative estimate of drug-likeness (QED) is 0.739. The number of hydrogen-bond donors (Lipinski definition) is 1. The van der Waals surface area contributed by atoms with Crippen molar-refractivity contribution in [1.82, 2.24) is 15.1 Å². The summed E-state index contributed by atoms with van der Waals surface area (Å²) in [7, 11) is 0. The summed E-state index contributed by atoms with van der Waals surface area (Å²) >= 11 is 0. The molecule has 30 heavy (non-hydrogen) atoms. The molecule has 0 aliphatic carbocycles. The lowest BCUT2D eigenvalue weighted by Crippen LogP contribution is -2.33. The van der Waals surface area contributed by atoms with Crippen molar-refractivity contribution in [3.8, 4) is 0 Å². The topological polar surface area (TPSA) is 35.6 Å². The molecule has 0 bridgehead atoms. The summed E-state index contributed by atoms with van der Waals surface area (Å²) in [6, 6.07) is 16.7. The molecule has 2 aromatic rings. The average Bonchev–Trinajstić information content (AvgIpc) is 3.26. The van der Waals surface area contributed by atoms with Gasteiger partial charge in [0.25, 0.3) is 5.91 Å². The van der Waals surface area contributed by atoms with Crippen molar-refractivity contribution in [3.05, 3.63) is 70.8 Å². The molecule has 4 heteroatoms. The minimum atomic E-state index is -0.00177. The van der Waals surface area contributed by atoms with Crippen LogP contribution in [0.15, 0.2) is 48.5 Å². The lowest BCUT2D eigenvalue weighted by atomic mass is 9.99. The molecule has 2 saturated heterocycles. The molecule has 1 amide bonds. The van der Waals surface area contributed by atoms with Gasteiger partial charge in [-0.05, 0) is 80.1 Å². The molecule has 4 nitrogen and oxygen atoms in total. The van der Waals surface area contributed by atoms with Crippen molar-refractivity contribution in [2.24, 2.45) is 5.92 Å². The number of carbonyl (C=O) groups is 1. The highest BCUT2D eigenvalue weighted by molar-refractivity contribution is 5.94. The van der Waals surface area contributed by atoms with E-state index in [1.54, 1.807) is 0 Å². The Bertz CT molecular complexity index is 826. The van der Waals surface area contributed by atoms with Gasteiger partial charge >= 0.3 is 0 Å². The summed E-state index contributed by atoms with van der Waals surface area (Å²) in [6.07, 6.45) is 5.26. The molecular formula is C26H35N3O. The summed E-state index contributed by atoms with van der Waals surface area (Å²) in [5.74, 6) is 0.788. The van der Waals surface area contributed by atoms with E-state index in [9.17, 15) is 4.79 Å². The van der Waals surface area contributed by atoms with E-state index in [1.165, 1.54) is 63.0 Å². The van der Waals surface area contributed by atoms with Crippen molar-refractivity contribution in [1.29, 1.82) is 0 Å². The normalized spacial score (nSPS) is 20.4. The predicted molar refractivity (Wildman–Crippen MR) is 122 cm³/mol. The van der Waals surface area contributed by atoms with E-state index < -0.39 is 0 Å². The van der Waals surface area contributed by atoms with E-state index in [2.05, 4.69) is 58.4 Å². The minimum Gasteiger partial charge on any atom is -0.348 e. The molecule has 2 heterocycles. The Hall–Kier alpha value is -2.17. The molecule has 0 unspecified atom stereocenters. The maximum Gasteiger partial charge on any atom is 0.251 e. The lowest BCUT2D eigenvalue weighted by Gasteiger charge is -2.30. The average molecular weight is 406 g/mol. The Labute approximate surface area is 181 Å². The SMILES string of the molecule is C[C@H]1CCCN(Cc2ccc(C(=O)NCc3cccc(CN4CCCC4)c3)cc2)C1. The zero-order chi connectivity index (χ0) is 20.8. The number of piperidine rings is 1. The van der Waals surface area contributed by atoms with Crippen LogP contribution in [0.4, 0.5) is 0 Å². The highest BCUT2D eigenvalue weighted by Gasteiger charge is 2.16. The van der Waals surface area contributed by atoms with Crippen molar-refractivity contribution in [2.75, 3.05) is 26.2 Å². The van der Waals surface area contributed by atoms with E-state index in [-0.39, 0.29) is 5.91 Å². The molecular weight excluding hydrogens is 370 g/mol. The zero-order valence-corrected chi connectivity index (χ0v) is 18.3. The Morgan fingerprint density at radius 2 is 1.60 bits per heavy atom. The van der Waals surface area contributed by atoms with E-state index in [0.717, 1.165) is 30.1 Å². The first kappa shape index (κ1) is 21.1. The van der Waals surface area contributed by atoms with Gasteiger partial charge in [-0.3, -0.25) is 14.6 Å². The van der Waals surface area contributed by atoms with Gasteiger partial charge in [0, 0.05) is 31.7 Å². The van der Waals surface area contributed by atoms with E-state index >= 15 is 0 Å². The fraction of sp³-hybridized carbons (Fsp3) is 0.500. The molecule has 1 N–H and O–H groups in total. The fourth-order valence-electron chi connectivity index (χ4n) is 4.77. The standard InChI is InChI=1S/C26H35N3O/c1-21-6-5-15-29(18-21)19-22-9-11-25(12-10-22)26(30)27-17-23-7-4-8-24(16-23)20-28-13-2-3-14-28/h4,7-12,16,21H,2-3,5-6,13-15,17-20H2,1H3,(H,27,30)/t21-/m0/s1. The molecule has 0 aromatic heterocycles. The maximum absolute atomic E-state index is 12.6. The monoisotopic (exact) mass is 405 g/mol. The summed E-state index contributed by atoms with van der Waals surface area (Å²) in [5.41, 5.74) is 4.52. The molecule has 2 fully saturated rings. The minimum absolute atomic E-state index is 0.00177. The van der Waals surface area contributed by atoms with Gasteiger partial charge in [-0.1, -0.05) is 43.3 Å². The van der Waals surface area contributed by atoms with Gasteiger partial charge < -0.3 is 5.32 Å². The second-order valence-electron chi connectivity index (χ2n) is 9.17. The van der Waals surface area contributed by atoms with Crippen molar-refractivity contribution in [2.45, 2.75) is 52.2 Å². The van der Waals surface area contributed by atoms with Gasteiger partial charge in [0.2, 0.25) is 0 Å². The second kappa shape index (κ2) is 10.2. The van der Waals surface area contributed by atoms with Crippen LogP contribution in [0.2, 0.25) is 0 Å². The number of rotatable bonds is 7. The van der Waals surface area contributed by atoms with E-state index in [4.69, 9.17) is 0 Å². The van der Waals surface area contributed by atoms with Crippen molar-refractivity contribution in [3.63, 3.8) is 0 Å². The van der Waals surface area contributed by atoms with Crippen LogP contribution in [0.5, 0.6) is 0 Å². The Morgan fingerprint density at radius 1 is 0.900 bits per heavy atom. The van der Waals surface area contributed by atoms with Gasteiger partial charge in [0.1, 0.15) is 0 Å². The maximum atomic E-state index is 12.6. The first-order chi connectivity index (χ1) is 14.7. The summed E-state index contributed by atoms with van der Waals surface area (Å²) in [5, 5.41) is 3.08. The molecule has 160 valence electrons. The van der Waals surface area contributed by atoms with Crippen LogP contribution >= 0.6 is 0 Å². The van der Waals surface area contributed by atoms with Crippen LogP contribution in [-0.4, -0.2) is 41.9 Å². The van der Waals surface area contributed by atoms with Crippen molar-refractivity contribution < 1.29 is 4.79 Å². The van der Waals surface area contributed by atoms with Crippen LogP contribution in [0.3, 0.4) is 0 Å². The number of likely N-dealkylation sites (tertiary alicyclic amines) is 2. The number of benzene rings is 2. The Morgan fingerprint density at radius 3 is 2.37 bits per heavy atom. The van der Waals surface area contributed by atoms with Crippen LogP contribution in [0.1, 0.15) is 59.7 Å². The third-order valence-electron chi connectivity index (χ3n) is 6.41. The third-order valence-corrected chi connectivity index (χ3v) is 6.41. The summed E-state index contributed by atoms with van der Waals surface area (Å²) in [6.45, 7) is 9.67. The smallest absolute Gasteiger partial charge is 0.251 e. The van der Waals surface area contributed by atoms with Crippen LogP contribution in [-0.2, 0) is 19.6 Å². The van der Waals surface area contributed by atoms with E-state index in [0.29, 0.717) is 6.54 Å². The van der Waals surface area contributed by atoms with Gasteiger partial charge in [0.15, 0.2) is 0 Å². The number of carbonyl (C=O) groups excluding carboxylic acids is 1. The molecule has 0 spiro atoms. The zero-order valence-electron chi connectivity index (χ0n) is 18.3. The Balaban J connectivity index is 1.27. The second-order valence-corrected chi connectivity index (χ2v) is 9.17. The van der Waals surface area contributed by atoms with Gasteiger partial charge in [-0.25, -0.2) is 0 Å². The Kier molecular flexibility index (Phi) is 7.19. The van der Waals surface area contributed by atoms with E-state index in [1.807, 2.05) is 12.1 Å². The predicted octanol–water partition coefficient (Wildman–Crippen LogP) is 4.44. The molecule has 2 aromatic carbocycles. The fourth-order valence-corrected chi connectivity index (χ4v) is 4.77. The number of amides is 1. The molecule has 2 aliphatic heterocycles. The van der Waals surface area contributed by atoms with Crippen LogP contribution in [0, 0.1) is 5.92 Å². The van der Waals surface area contributed by atoms with Crippen molar-refractivity contribution >= 4 is 5.91 Å². The largest absolute Gasteiger partial charge is 0.348 e. The molecule has 1 atom stereocenters. The first-order valence-electron chi connectivity index (χ1n) is 11.6. The summed E-state index contributed by atoms with van der Waals surface area (Å²) < 4.78 is 0. The molecule has 0 radical (unpaired) electrons. The van der Waals surface area contributed by atoms with Gasteiger partial charge in [0.05, 0.1) is 0 Å². The molecule has 2 aliphatic rings. The van der Waals surface area contributed by atoms with Gasteiger partial charge in [-0.15, -0.1) is 0 Å². The molecule has 4 rings (SSSR count). The highest BCUT2D eigenvalue weighted by atomic mass is 16.1. The van der Waals surface area contributed by atoms with Crippen LogP contribution < -0.4 is 5.32 Å².